The first-order valence-electron chi connectivity index (χ1n) is 7.16. The molecule has 4 rings (SSSR count). The van der Waals surface area contributed by atoms with Crippen LogP contribution >= 0.6 is 23.5 Å². The summed E-state index contributed by atoms with van der Waals surface area (Å²) in [5.74, 6) is -0.467. The zero-order valence-electron chi connectivity index (χ0n) is 12.3. The summed E-state index contributed by atoms with van der Waals surface area (Å²) in [4.78, 5) is 24.9. The van der Waals surface area contributed by atoms with E-state index >= 15 is 0 Å². The van der Waals surface area contributed by atoms with Crippen LogP contribution in [0.25, 0.3) is 5.65 Å². The molecule has 0 aliphatic carbocycles. The van der Waals surface area contributed by atoms with E-state index in [9.17, 15) is 14.7 Å². The molecule has 3 N–H and O–H groups in total. The van der Waals surface area contributed by atoms with E-state index in [0.717, 1.165) is 5.65 Å². The number of amides is 1. The number of aliphatic carboxylic acids is 1. The predicted octanol–water partition coefficient (Wildman–Crippen LogP) is 0.403. The number of nitrogens with zero attached hydrogens (tertiary/aromatic N) is 4. The molecule has 124 valence electrons. The highest BCUT2D eigenvalue weighted by molar-refractivity contribution is 8.01. The van der Waals surface area contributed by atoms with Crippen molar-refractivity contribution >= 4 is 41.0 Å². The van der Waals surface area contributed by atoms with Crippen molar-refractivity contribution in [2.45, 2.75) is 16.6 Å². The highest BCUT2D eigenvalue weighted by Gasteiger charge is 2.51. The van der Waals surface area contributed by atoms with Crippen molar-refractivity contribution in [2.75, 3.05) is 11.5 Å². The fourth-order valence-corrected chi connectivity index (χ4v) is 5.12. The summed E-state index contributed by atoms with van der Waals surface area (Å²) in [6.45, 7) is 0. The molecule has 0 radical (unpaired) electrons. The van der Waals surface area contributed by atoms with E-state index in [1.165, 1.54) is 28.4 Å². The van der Waals surface area contributed by atoms with Gasteiger partial charge in [-0.15, -0.1) is 22.0 Å². The van der Waals surface area contributed by atoms with Crippen LogP contribution < -0.4 is 5.73 Å². The first kappa shape index (κ1) is 15.5. The van der Waals surface area contributed by atoms with Gasteiger partial charge in [-0.2, -0.15) is 0 Å². The van der Waals surface area contributed by atoms with Crippen LogP contribution in [0, 0.1) is 0 Å². The smallest absolute Gasteiger partial charge is 0.352 e. The Morgan fingerprint density at radius 3 is 3.08 bits per heavy atom. The summed E-state index contributed by atoms with van der Waals surface area (Å²) < 4.78 is 1.84. The third-order valence-corrected chi connectivity index (χ3v) is 6.34. The maximum atomic E-state index is 11.9. The van der Waals surface area contributed by atoms with Gasteiger partial charge in [0.25, 0.3) is 0 Å². The molecule has 10 heteroatoms. The number of fused-ring (bicyclic) bond motifs is 2. The van der Waals surface area contributed by atoms with Crippen LogP contribution in [-0.4, -0.2) is 59.4 Å². The third-order valence-electron chi connectivity index (χ3n) is 3.95. The molecule has 1 saturated heterocycles. The number of carboxylic acids is 1. The highest BCUT2D eigenvalue weighted by Crippen LogP contribution is 2.40. The molecule has 0 aromatic carbocycles. The summed E-state index contributed by atoms with van der Waals surface area (Å²) in [7, 11) is 0. The van der Waals surface area contributed by atoms with Crippen LogP contribution in [0.1, 0.15) is 0 Å². The average molecular weight is 363 g/mol. The van der Waals surface area contributed by atoms with Gasteiger partial charge in [0.05, 0.1) is 0 Å². The summed E-state index contributed by atoms with van der Waals surface area (Å²) in [6, 6.07) is 4.99. The monoisotopic (exact) mass is 363 g/mol. The maximum Gasteiger partial charge on any atom is 0.352 e. The van der Waals surface area contributed by atoms with Crippen molar-refractivity contribution in [1.29, 1.82) is 0 Å². The van der Waals surface area contributed by atoms with Crippen LogP contribution in [0.2, 0.25) is 0 Å². The molecule has 1 unspecified atom stereocenters. The van der Waals surface area contributed by atoms with Crippen LogP contribution in [0.15, 0.2) is 40.8 Å². The second-order valence-electron chi connectivity index (χ2n) is 5.39. The number of carbonyl (C=O) groups excluding carboxylic acids is 1. The lowest BCUT2D eigenvalue weighted by Gasteiger charge is -2.48. The molecule has 0 saturated carbocycles. The molecular formula is C14H13N5O3S2. The SMILES string of the molecule is NC1C(=O)N2C(C(=O)O)=C(CSc3nnc4ccccn34)CS[C@H]12. The Bertz CT molecular complexity index is 880. The van der Waals surface area contributed by atoms with E-state index in [2.05, 4.69) is 10.2 Å². The number of hydrogen-bond acceptors (Lipinski definition) is 7. The lowest BCUT2D eigenvalue weighted by molar-refractivity contribution is -0.147. The standard InChI is InChI=1S/C14H13N5O3S2/c15-9-11(20)19-10(13(21)22)7(5-23-12(9)19)6-24-14-17-16-8-3-1-2-4-18(8)14/h1-4,9,12H,5-6,15H2,(H,21,22)/t9?,12-/m1/s1. The Hall–Kier alpha value is -2.04. The van der Waals surface area contributed by atoms with E-state index in [4.69, 9.17) is 5.73 Å². The van der Waals surface area contributed by atoms with E-state index in [-0.39, 0.29) is 17.0 Å². The average Bonchev–Trinajstić information content (AvgIpc) is 3.01. The maximum absolute atomic E-state index is 11.9. The molecule has 2 aromatic rings. The number of carboxylic acid groups (broad SMARTS) is 1. The molecule has 2 atom stereocenters. The number of nitrogens with two attached hydrogens (primary N) is 1. The Balaban J connectivity index is 1.60. The van der Waals surface area contributed by atoms with Gasteiger partial charge in [-0.05, 0) is 17.7 Å². The van der Waals surface area contributed by atoms with Gasteiger partial charge >= 0.3 is 5.97 Å². The minimum atomic E-state index is -1.10. The highest BCUT2D eigenvalue weighted by atomic mass is 32.2. The Morgan fingerprint density at radius 2 is 2.29 bits per heavy atom. The van der Waals surface area contributed by atoms with E-state index < -0.39 is 12.0 Å². The van der Waals surface area contributed by atoms with Crippen LogP contribution in [0.3, 0.4) is 0 Å². The van der Waals surface area contributed by atoms with E-state index in [1.54, 1.807) is 0 Å². The Labute approximate surface area is 145 Å². The number of carbonyl (C=O) groups is 2. The minimum absolute atomic E-state index is 0.0618. The topological polar surface area (TPSA) is 114 Å². The first-order valence-corrected chi connectivity index (χ1v) is 9.19. The largest absolute Gasteiger partial charge is 0.477 e. The molecular weight excluding hydrogens is 350 g/mol. The summed E-state index contributed by atoms with van der Waals surface area (Å²) in [5, 5.41) is 18.1. The van der Waals surface area contributed by atoms with E-state index in [0.29, 0.717) is 22.2 Å². The number of aromatic nitrogens is 3. The molecule has 2 aliphatic rings. The molecule has 0 bridgehead atoms. The minimum Gasteiger partial charge on any atom is -0.477 e. The van der Waals surface area contributed by atoms with Crippen LogP contribution in [-0.2, 0) is 9.59 Å². The molecule has 2 aromatic heterocycles. The van der Waals surface area contributed by atoms with Crippen LogP contribution in [0.4, 0.5) is 0 Å². The van der Waals surface area contributed by atoms with Gasteiger partial charge in [0, 0.05) is 17.7 Å². The normalized spacial score (nSPS) is 23.4. The molecule has 24 heavy (non-hydrogen) atoms. The van der Waals surface area contributed by atoms with Gasteiger partial charge in [0.15, 0.2) is 10.8 Å². The molecule has 8 nitrogen and oxygen atoms in total. The van der Waals surface area contributed by atoms with Gasteiger partial charge in [-0.25, -0.2) is 4.79 Å². The van der Waals surface area contributed by atoms with Crippen molar-refractivity contribution in [3.63, 3.8) is 0 Å². The van der Waals surface area contributed by atoms with Gasteiger partial charge in [-0.3, -0.25) is 14.1 Å². The number of pyridine rings is 1. The Morgan fingerprint density at radius 1 is 1.46 bits per heavy atom. The Kier molecular flexibility index (Phi) is 3.74. The van der Waals surface area contributed by atoms with Gasteiger partial charge in [0.1, 0.15) is 17.1 Å². The zero-order valence-corrected chi connectivity index (χ0v) is 14.0. The first-order chi connectivity index (χ1) is 11.6. The number of β-lactam (4-membered cyclic amide) rings is 1. The summed E-state index contributed by atoms with van der Waals surface area (Å²) >= 11 is 2.90. The second-order valence-corrected chi connectivity index (χ2v) is 7.44. The third kappa shape index (κ3) is 2.29. The molecule has 2 aliphatic heterocycles. The summed E-state index contributed by atoms with van der Waals surface area (Å²) in [6.07, 6.45) is 1.85. The second kappa shape index (κ2) is 5.80. The van der Waals surface area contributed by atoms with Crippen molar-refractivity contribution < 1.29 is 14.7 Å². The summed E-state index contributed by atoms with van der Waals surface area (Å²) in [5.41, 5.74) is 7.23. The van der Waals surface area contributed by atoms with Gasteiger partial charge < -0.3 is 10.8 Å². The predicted molar refractivity (Wildman–Crippen MR) is 89.4 cm³/mol. The van der Waals surface area contributed by atoms with Crippen molar-refractivity contribution in [2.24, 2.45) is 5.73 Å². The lowest BCUT2D eigenvalue weighted by Crippen LogP contribution is -2.68. The lowest BCUT2D eigenvalue weighted by atomic mass is 10.0. The van der Waals surface area contributed by atoms with Crippen molar-refractivity contribution in [1.82, 2.24) is 19.5 Å². The molecule has 0 spiro atoms. The van der Waals surface area contributed by atoms with Crippen molar-refractivity contribution in [3.8, 4) is 0 Å². The number of rotatable bonds is 4. The molecule has 1 fully saturated rings. The molecule has 1 amide bonds. The number of hydrogen-bond donors (Lipinski definition) is 2. The number of thioether (sulfide) groups is 2. The fourth-order valence-electron chi connectivity index (χ4n) is 2.76. The fraction of sp³-hybridized carbons (Fsp3) is 0.286. The van der Waals surface area contributed by atoms with Crippen LogP contribution in [0.5, 0.6) is 0 Å². The van der Waals surface area contributed by atoms with Gasteiger partial charge in [-0.1, -0.05) is 17.8 Å². The van der Waals surface area contributed by atoms with Crippen molar-refractivity contribution in [3.05, 3.63) is 35.7 Å². The zero-order chi connectivity index (χ0) is 16.8. The quantitative estimate of drug-likeness (QED) is 0.593. The van der Waals surface area contributed by atoms with E-state index in [1.807, 2.05) is 28.8 Å². The molecule has 4 heterocycles. The van der Waals surface area contributed by atoms with Gasteiger partial charge in [0.2, 0.25) is 5.91 Å².